The highest BCUT2D eigenvalue weighted by Crippen LogP contribution is 2.43. The van der Waals surface area contributed by atoms with E-state index < -0.39 is 11.4 Å². The van der Waals surface area contributed by atoms with E-state index in [-0.39, 0.29) is 41.1 Å². The third-order valence-electron chi connectivity index (χ3n) is 5.91. The van der Waals surface area contributed by atoms with Crippen molar-refractivity contribution in [1.29, 1.82) is 0 Å². The maximum Gasteiger partial charge on any atom is 0.221 e. The molecule has 1 aliphatic heterocycles. The average molecular weight is 507 g/mol. The van der Waals surface area contributed by atoms with Gasteiger partial charge < -0.3 is 10.2 Å². The molecule has 4 rings (SSSR count). The molecule has 1 amide bonds. The van der Waals surface area contributed by atoms with Crippen LogP contribution >= 0.6 is 34.5 Å². The van der Waals surface area contributed by atoms with Gasteiger partial charge in [0, 0.05) is 24.8 Å². The summed E-state index contributed by atoms with van der Waals surface area (Å²) in [4.78, 5) is 32.2. The quantitative estimate of drug-likeness (QED) is 0.309. The number of Topliss-reactive ketones (excluding diaryl/α,β-unsaturated/α-hetero) is 1. The summed E-state index contributed by atoms with van der Waals surface area (Å²) in [6.07, 6.45) is 8.44. The molecule has 5 nitrogen and oxygen atoms in total. The zero-order chi connectivity index (χ0) is 23.8. The standard InChI is InChI=1S/C24H21Cl2FN2O3S/c1-3-9-28-20(31)8-7-19(30)23-15-6-4-5-14(15)22(33-23)18-12-24(2,32-29-18)13-10-16(25)21(27)17(26)11-13/h1,10-11H,4-9,12H2,2H3,(H,28,31). The zero-order valence-corrected chi connectivity index (χ0v) is 20.2. The van der Waals surface area contributed by atoms with E-state index in [0.717, 1.165) is 41.0 Å². The number of carbonyl (C=O) groups is 2. The third-order valence-corrected chi connectivity index (χ3v) is 7.82. The SMILES string of the molecule is C#CCNC(=O)CCC(=O)c1sc(C2=NOC(C)(c3cc(Cl)c(F)c(Cl)c3)C2)c2c1CCC2. The summed E-state index contributed by atoms with van der Waals surface area (Å²) in [6.45, 7) is 1.99. The van der Waals surface area contributed by atoms with Crippen molar-refractivity contribution < 1.29 is 18.8 Å². The van der Waals surface area contributed by atoms with Gasteiger partial charge in [-0.2, -0.15) is 0 Å². The number of halogens is 3. The largest absolute Gasteiger partial charge is 0.384 e. The number of terminal acetylenes is 1. The molecule has 1 aromatic carbocycles. The molecule has 1 aromatic heterocycles. The molecule has 1 N–H and O–H groups in total. The third kappa shape index (κ3) is 4.65. The van der Waals surface area contributed by atoms with E-state index in [4.69, 9.17) is 34.5 Å². The lowest BCUT2D eigenvalue weighted by Gasteiger charge is -2.22. The number of thiophene rings is 1. The normalized spacial score (nSPS) is 18.9. The van der Waals surface area contributed by atoms with Crippen molar-refractivity contribution in [2.75, 3.05) is 6.54 Å². The summed E-state index contributed by atoms with van der Waals surface area (Å²) in [6, 6.07) is 3.00. The summed E-state index contributed by atoms with van der Waals surface area (Å²) in [5, 5.41) is 6.75. The highest BCUT2D eigenvalue weighted by Gasteiger charge is 2.40. The summed E-state index contributed by atoms with van der Waals surface area (Å²) >= 11 is 13.4. The fraction of sp³-hybridized carbons (Fsp3) is 0.375. The lowest BCUT2D eigenvalue weighted by Crippen LogP contribution is -2.23. The van der Waals surface area contributed by atoms with Crippen molar-refractivity contribution in [3.05, 3.63) is 54.4 Å². The van der Waals surface area contributed by atoms with Crippen LogP contribution in [0.2, 0.25) is 10.0 Å². The maximum absolute atomic E-state index is 13.9. The van der Waals surface area contributed by atoms with E-state index in [9.17, 15) is 14.0 Å². The molecule has 0 radical (unpaired) electrons. The topological polar surface area (TPSA) is 67.8 Å². The number of hydrogen-bond acceptors (Lipinski definition) is 5. The van der Waals surface area contributed by atoms with Crippen molar-refractivity contribution in [3.8, 4) is 12.3 Å². The number of hydrogen-bond donors (Lipinski definition) is 1. The average Bonchev–Trinajstić information content (AvgIpc) is 3.49. The van der Waals surface area contributed by atoms with E-state index in [0.29, 0.717) is 16.9 Å². The Labute approximate surface area is 205 Å². The van der Waals surface area contributed by atoms with Crippen LogP contribution in [-0.2, 0) is 28.1 Å². The smallest absolute Gasteiger partial charge is 0.221 e. The number of nitrogens with zero attached hydrogens (tertiary/aromatic N) is 1. The van der Waals surface area contributed by atoms with E-state index in [1.807, 2.05) is 6.92 Å². The molecule has 0 spiro atoms. The number of ketones is 1. The van der Waals surface area contributed by atoms with Crippen molar-refractivity contribution in [2.45, 2.75) is 51.0 Å². The van der Waals surface area contributed by atoms with Gasteiger partial charge in [0.2, 0.25) is 5.91 Å². The molecule has 2 heterocycles. The number of fused-ring (bicyclic) bond motifs is 1. The second-order valence-electron chi connectivity index (χ2n) is 8.27. The van der Waals surface area contributed by atoms with E-state index in [2.05, 4.69) is 16.4 Å². The van der Waals surface area contributed by atoms with Gasteiger partial charge in [-0.25, -0.2) is 4.39 Å². The van der Waals surface area contributed by atoms with E-state index in [1.165, 1.54) is 23.5 Å². The van der Waals surface area contributed by atoms with Crippen LogP contribution in [0.5, 0.6) is 0 Å². The van der Waals surface area contributed by atoms with Crippen LogP contribution in [0.3, 0.4) is 0 Å². The highest BCUT2D eigenvalue weighted by molar-refractivity contribution is 7.16. The Balaban J connectivity index is 1.54. The highest BCUT2D eigenvalue weighted by atomic mass is 35.5. The van der Waals surface area contributed by atoms with Gasteiger partial charge in [0.25, 0.3) is 0 Å². The molecule has 9 heteroatoms. The Bertz CT molecular complexity index is 1190. The molecule has 2 aromatic rings. The number of amides is 1. The van der Waals surface area contributed by atoms with Gasteiger partial charge in [-0.3, -0.25) is 9.59 Å². The minimum atomic E-state index is -0.856. The van der Waals surface area contributed by atoms with Gasteiger partial charge in [-0.15, -0.1) is 17.8 Å². The number of rotatable bonds is 7. The van der Waals surface area contributed by atoms with E-state index >= 15 is 0 Å². The summed E-state index contributed by atoms with van der Waals surface area (Å²) in [7, 11) is 0. The van der Waals surface area contributed by atoms with Gasteiger partial charge in [-0.05, 0) is 49.4 Å². The van der Waals surface area contributed by atoms with Gasteiger partial charge >= 0.3 is 0 Å². The Hall–Kier alpha value is -2.40. The van der Waals surface area contributed by atoms with Crippen molar-refractivity contribution in [1.82, 2.24) is 5.32 Å². The number of carbonyl (C=O) groups excluding carboxylic acids is 2. The molecule has 0 fully saturated rings. The molecule has 1 unspecified atom stereocenters. The molecule has 1 atom stereocenters. The second-order valence-corrected chi connectivity index (χ2v) is 10.1. The molecular formula is C24H21Cl2FN2O3S. The minimum Gasteiger partial charge on any atom is -0.384 e. The van der Waals surface area contributed by atoms with Gasteiger partial charge in [0.05, 0.1) is 26.3 Å². The predicted octanol–water partition coefficient (Wildman–Crippen LogP) is 5.43. The molecular weight excluding hydrogens is 486 g/mol. The van der Waals surface area contributed by atoms with Gasteiger partial charge in [0.1, 0.15) is 5.71 Å². The first kappa shape index (κ1) is 23.7. The molecule has 172 valence electrons. The van der Waals surface area contributed by atoms with Gasteiger partial charge in [-0.1, -0.05) is 34.3 Å². The Morgan fingerprint density at radius 3 is 2.67 bits per heavy atom. The number of oxime groups is 1. The molecule has 1 aliphatic carbocycles. The van der Waals surface area contributed by atoms with Gasteiger partial charge in [0.15, 0.2) is 17.2 Å². The second kappa shape index (κ2) is 9.46. The summed E-state index contributed by atoms with van der Waals surface area (Å²) in [5.41, 5.74) is 2.68. The number of benzene rings is 1. The summed E-state index contributed by atoms with van der Waals surface area (Å²) < 4.78 is 13.9. The lowest BCUT2D eigenvalue weighted by molar-refractivity contribution is -0.120. The molecule has 0 saturated heterocycles. The van der Waals surface area contributed by atoms with Crippen LogP contribution in [0, 0.1) is 18.2 Å². The predicted molar refractivity (Wildman–Crippen MR) is 128 cm³/mol. The van der Waals surface area contributed by atoms with Crippen LogP contribution in [0.4, 0.5) is 4.39 Å². The summed E-state index contributed by atoms with van der Waals surface area (Å²) in [5.74, 6) is 1.38. The monoisotopic (exact) mass is 506 g/mol. The number of nitrogens with one attached hydrogen (secondary N) is 1. The molecule has 0 saturated carbocycles. The molecule has 2 aliphatic rings. The first-order valence-corrected chi connectivity index (χ1v) is 12.1. The fourth-order valence-electron chi connectivity index (χ4n) is 4.18. The first-order chi connectivity index (χ1) is 15.7. The Morgan fingerprint density at radius 1 is 1.27 bits per heavy atom. The van der Waals surface area contributed by atoms with Crippen LogP contribution in [0.25, 0.3) is 0 Å². The maximum atomic E-state index is 13.9. The van der Waals surface area contributed by atoms with Crippen LogP contribution in [0.1, 0.15) is 63.8 Å². The fourth-order valence-corrected chi connectivity index (χ4v) is 6.02. The van der Waals surface area contributed by atoms with Crippen LogP contribution in [0.15, 0.2) is 17.3 Å². The Kier molecular flexibility index (Phi) is 6.81. The van der Waals surface area contributed by atoms with E-state index in [1.54, 1.807) is 0 Å². The lowest BCUT2D eigenvalue weighted by atomic mass is 9.90. The molecule has 33 heavy (non-hydrogen) atoms. The Morgan fingerprint density at radius 2 is 1.97 bits per heavy atom. The molecule has 0 bridgehead atoms. The minimum absolute atomic E-state index is 0.0559. The van der Waals surface area contributed by atoms with Crippen LogP contribution in [-0.4, -0.2) is 23.9 Å². The van der Waals surface area contributed by atoms with Crippen molar-refractivity contribution in [2.24, 2.45) is 5.16 Å². The van der Waals surface area contributed by atoms with Crippen molar-refractivity contribution in [3.63, 3.8) is 0 Å². The zero-order valence-electron chi connectivity index (χ0n) is 17.9. The first-order valence-electron chi connectivity index (χ1n) is 10.5. The van der Waals surface area contributed by atoms with Crippen molar-refractivity contribution >= 4 is 51.9 Å². The van der Waals surface area contributed by atoms with Crippen LogP contribution < -0.4 is 5.32 Å².